The third-order valence-electron chi connectivity index (χ3n) is 3.17. The van der Waals surface area contributed by atoms with E-state index in [0.717, 1.165) is 14.8 Å². The molecule has 0 aliphatic carbocycles. The summed E-state index contributed by atoms with van der Waals surface area (Å²) in [5.41, 5.74) is 0.809. The fourth-order valence-electron chi connectivity index (χ4n) is 1.88. The second-order valence-electron chi connectivity index (χ2n) is 5.48. The van der Waals surface area contributed by atoms with E-state index in [1.165, 1.54) is 0 Å². The second-order valence-corrected chi connectivity index (χ2v) is 7.16. The maximum absolute atomic E-state index is 12.5. The molecular weight excluding hydrogens is 413 g/mol. The third-order valence-corrected chi connectivity index (χ3v) is 4.09. The molecule has 0 aliphatic rings. The van der Waals surface area contributed by atoms with Crippen molar-refractivity contribution < 1.29 is 9.53 Å². The zero-order chi connectivity index (χ0) is 16.3. The fourth-order valence-corrected chi connectivity index (χ4v) is 2.66. The molecule has 1 N–H and O–H groups in total. The summed E-state index contributed by atoms with van der Waals surface area (Å²) in [6.45, 7) is 5.43. The average Bonchev–Trinajstić information content (AvgIpc) is 2.44. The van der Waals surface area contributed by atoms with Gasteiger partial charge in [-0.1, -0.05) is 11.6 Å². The Bertz CT molecular complexity index is 684. The number of carbonyl (C=O) groups excluding carboxylic acids is 1. The summed E-state index contributed by atoms with van der Waals surface area (Å²) in [6, 6.07) is 12.8. The highest BCUT2D eigenvalue weighted by Crippen LogP contribution is 2.23. The Balaban J connectivity index is 2.11. The predicted octanol–water partition coefficient (Wildman–Crippen LogP) is 5.05. The van der Waals surface area contributed by atoms with E-state index in [-0.39, 0.29) is 5.91 Å². The van der Waals surface area contributed by atoms with Crippen molar-refractivity contribution in [3.8, 4) is 5.75 Å². The first kappa shape index (κ1) is 17.1. The molecule has 116 valence electrons. The van der Waals surface area contributed by atoms with Crippen molar-refractivity contribution in [1.29, 1.82) is 0 Å². The van der Waals surface area contributed by atoms with Crippen molar-refractivity contribution in [2.24, 2.45) is 0 Å². The summed E-state index contributed by atoms with van der Waals surface area (Å²) in [7, 11) is 0. The summed E-state index contributed by atoms with van der Waals surface area (Å²) < 4.78 is 6.91. The van der Waals surface area contributed by atoms with Crippen molar-refractivity contribution in [1.82, 2.24) is 0 Å². The zero-order valence-electron chi connectivity index (χ0n) is 12.6. The van der Waals surface area contributed by atoms with E-state index in [2.05, 4.69) is 27.9 Å². The van der Waals surface area contributed by atoms with Crippen LogP contribution in [0.15, 0.2) is 42.5 Å². The van der Waals surface area contributed by atoms with Gasteiger partial charge >= 0.3 is 0 Å². The fraction of sp³-hybridized carbons (Fsp3) is 0.235. The van der Waals surface area contributed by atoms with Crippen molar-refractivity contribution in [2.75, 3.05) is 5.32 Å². The molecule has 0 spiro atoms. The number of hydrogen-bond acceptors (Lipinski definition) is 2. The van der Waals surface area contributed by atoms with Crippen molar-refractivity contribution in [3.63, 3.8) is 0 Å². The van der Waals surface area contributed by atoms with E-state index < -0.39 is 5.60 Å². The monoisotopic (exact) mass is 429 g/mol. The summed E-state index contributed by atoms with van der Waals surface area (Å²) in [4.78, 5) is 12.5. The molecule has 1 amide bonds. The SMILES string of the molecule is Cc1cc(I)ccc1NC(=O)C(C)(C)Oc1ccc(Cl)cc1. The van der Waals surface area contributed by atoms with Gasteiger partial charge in [-0.15, -0.1) is 0 Å². The van der Waals surface area contributed by atoms with E-state index in [9.17, 15) is 4.79 Å². The quantitative estimate of drug-likeness (QED) is 0.691. The first-order valence-electron chi connectivity index (χ1n) is 6.80. The Hall–Kier alpha value is -1.27. The molecule has 0 aliphatic heterocycles. The summed E-state index contributed by atoms with van der Waals surface area (Å²) in [6.07, 6.45) is 0. The van der Waals surface area contributed by atoms with Crippen LogP contribution in [0.4, 0.5) is 5.69 Å². The van der Waals surface area contributed by atoms with Crippen LogP contribution in [-0.4, -0.2) is 11.5 Å². The van der Waals surface area contributed by atoms with Crippen LogP contribution in [0.3, 0.4) is 0 Å². The molecule has 22 heavy (non-hydrogen) atoms. The van der Waals surface area contributed by atoms with Gasteiger partial charge in [-0.3, -0.25) is 4.79 Å². The number of anilines is 1. The molecule has 0 aromatic heterocycles. The molecular formula is C17H17ClINO2. The number of amides is 1. The molecule has 0 heterocycles. The standard InChI is InChI=1S/C17H17ClINO2/c1-11-10-13(19)6-9-15(11)20-16(21)17(2,3)22-14-7-4-12(18)5-8-14/h4-10H,1-3H3,(H,20,21). The molecule has 0 fully saturated rings. The highest BCUT2D eigenvalue weighted by atomic mass is 127. The number of rotatable bonds is 4. The van der Waals surface area contributed by atoms with Gasteiger partial charge in [0.1, 0.15) is 5.75 Å². The third kappa shape index (κ3) is 4.36. The lowest BCUT2D eigenvalue weighted by molar-refractivity contribution is -0.128. The molecule has 2 aromatic rings. The van der Waals surface area contributed by atoms with Crippen LogP contribution in [0.25, 0.3) is 0 Å². The minimum absolute atomic E-state index is 0.202. The van der Waals surface area contributed by atoms with Gasteiger partial charge in [0.2, 0.25) is 0 Å². The van der Waals surface area contributed by atoms with Crippen molar-refractivity contribution in [2.45, 2.75) is 26.4 Å². The van der Waals surface area contributed by atoms with E-state index >= 15 is 0 Å². The number of carbonyl (C=O) groups is 1. The minimum Gasteiger partial charge on any atom is -0.478 e. The molecule has 3 nitrogen and oxygen atoms in total. The molecule has 2 aromatic carbocycles. The molecule has 2 rings (SSSR count). The largest absolute Gasteiger partial charge is 0.478 e. The number of halogens is 2. The van der Waals surface area contributed by atoms with Crippen LogP contribution in [0.1, 0.15) is 19.4 Å². The van der Waals surface area contributed by atoms with Gasteiger partial charge in [0.05, 0.1) is 0 Å². The van der Waals surface area contributed by atoms with Crippen LogP contribution >= 0.6 is 34.2 Å². The van der Waals surface area contributed by atoms with Crippen molar-refractivity contribution in [3.05, 3.63) is 56.6 Å². The lowest BCUT2D eigenvalue weighted by Gasteiger charge is -2.25. The number of ether oxygens (including phenoxy) is 1. The maximum Gasteiger partial charge on any atom is 0.267 e. The van der Waals surface area contributed by atoms with Gasteiger partial charge in [-0.05, 0) is 91.4 Å². The average molecular weight is 430 g/mol. The Morgan fingerprint density at radius 3 is 2.41 bits per heavy atom. The van der Waals surface area contributed by atoms with Gasteiger partial charge in [0, 0.05) is 14.3 Å². The van der Waals surface area contributed by atoms with Crippen LogP contribution in [0, 0.1) is 10.5 Å². The normalized spacial score (nSPS) is 11.1. The van der Waals surface area contributed by atoms with Gasteiger partial charge in [0.25, 0.3) is 5.91 Å². The number of hydrogen-bond donors (Lipinski definition) is 1. The number of aryl methyl sites for hydroxylation is 1. The van der Waals surface area contributed by atoms with Crippen LogP contribution in [-0.2, 0) is 4.79 Å². The zero-order valence-corrected chi connectivity index (χ0v) is 15.5. The van der Waals surface area contributed by atoms with Crippen LogP contribution in [0.5, 0.6) is 5.75 Å². The molecule has 0 saturated carbocycles. The smallest absolute Gasteiger partial charge is 0.267 e. The number of nitrogens with one attached hydrogen (secondary N) is 1. The summed E-state index contributed by atoms with van der Waals surface area (Å²) in [5.74, 6) is 0.399. The van der Waals surface area contributed by atoms with Gasteiger partial charge in [-0.25, -0.2) is 0 Å². The lowest BCUT2D eigenvalue weighted by atomic mass is 10.1. The second kappa shape index (κ2) is 6.87. The Kier molecular flexibility index (Phi) is 5.34. The summed E-state index contributed by atoms with van der Waals surface area (Å²) >= 11 is 8.09. The maximum atomic E-state index is 12.5. The Labute approximate surface area is 149 Å². The van der Waals surface area contributed by atoms with E-state index in [1.807, 2.05) is 25.1 Å². The van der Waals surface area contributed by atoms with Crippen LogP contribution in [0.2, 0.25) is 5.02 Å². The highest BCUT2D eigenvalue weighted by molar-refractivity contribution is 14.1. The molecule has 0 atom stereocenters. The predicted molar refractivity (Wildman–Crippen MR) is 98.7 cm³/mol. The van der Waals surface area contributed by atoms with Gasteiger partial charge < -0.3 is 10.1 Å². The highest BCUT2D eigenvalue weighted by Gasteiger charge is 2.30. The lowest BCUT2D eigenvalue weighted by Crippen LogP contribution is -2.42. The molecule has 0 saturated heterocycles. The van der Waals surface area contributed by atoms with Crippen LogP contribution < -0.4 is 10.1 Å². The molecule has 0 radical (unpaired) electrons. The molecule has 5 heteroatoms. The Morgan fingerprint density at radius 2 is 1.82 bits per heavy atom. The topological polar surface area (TPSA) is 38.3 Å². The van der Waals surface area contributed by atoms with Gasteiger partial charge in [-0.2, -0.15) is 0 Å². The molecule has 0 unspecified atom stereocenters. The number of benzene rings is 2. The minimum atomic E-state index is -0.997. The Morgan fingerprint density at radius 1 is 1.18 bits per heavy atom. The van der Waals surface area contributed by atoms with E-state index in [1.54, 1.807) is 38.1 Å². The first-order valence-corrected chi connectivity index (χ1v) is 8.26. The van der Waals surface area contributed by atoms with Crippen molar-refractivity contribution >= 4 is 45.8 Å². The molecule has 0 bridgehead atoms. The summed E-state index contributed by atoms with van der Waals surface area (Å²) in [5, 5.41) is 3.54. The first-order chi connectivity index (χ1) is 10.3. The van der Waals surface area contributed by atoms with Gasteiger partial charge in [0.15, 0.2) is 5.60 Å². The van der Waals surface area contributed by atoms with E-state index in [4.69, 9.17) is 16.3 Å². The van der Waals surface area contributed by atoms with E-state index in [0.29, 0.717) is 10.8 Å².